The minimum Gasteiger partial charge on any atom is -0.443 e. The van der Waals surface area contributed by atoms with Gasteiger partial charge >= 0.3 is 12.2 Å². The van der Waals surface area contributed by atoms with E-state index in [1.807, 2.05) is 0 Å². The molecule has 1 aromatic rings. The molecule has 0 unspecified atom stereocenters. The Bertz CT molecular complexity index is 678. The minimum absolute atomic E-state index is 0.158. The van der Waals surface area contributed by atoms with Crippen molar-refractivity contribution in [3.8, 4) is 0 Å². The standard InChI is InChI=1S/C17H23ClN2O6/c1-16(2,3)25-14(21)19(15(22)26-17(4,5)6)10-11-8-7-9-12(13(11)18)20(23)24/h7-9H,10H2,1-6H3. The molecule has 0 saturated carbocycles. The summed E-state index contributed by atoms with van der Waals surface area (Å²) in [6.45, 7) is 9.58. The Kier molecular flexibility index (Phi) is 6.59. The summed E-state index contributed by atoms with van der Waals surface area (Å²) < 4.78 is 10.5. The van der Waals surface area contributed by atoms with Crippen LogP contribution in [0.1, 0.15) is 47.1 Å². The van der Waals surface area contributed by atoms with Crippen LogP contribution in [0.15, 0.2) is 18.2 Å². The molecule has 0 heterocycles. The van der Waals surface area contributed by atoms with Crippen LogP contribution < -0.4 is 0 Å². The zero-order valence-electron chi connectivity index (χ0n) is 15.7. The van der Waals surface area contributed by atoms with Crippen LogP contribution in [0.5, 0.6) is 0 Å². The second kappa shape index (κ2) is 7.90. The zero-order valence-corrected chi connectivity index (χ0v) is 16.4. The summed E-state index contributed by atoms with van der Waals surface area (Å²) in [5.74, 6) is 0. The Labute approximate surface area is 157 Å². The highest BCUT2D eigenvalue weighted by atomic mass is 35.5. The lowest BCUT2D eigenvalue weighted by Gasteiger charge is -2.28. The summed E-state index contributed by atoms with van der Waals surface area (Å²) in [6.07, 6.45) is -1.87. The molecule has 2 amide bonds. The van der Waals surface area contributed by atoms with Gasteiger partial charge in [-0.2, -0.15) is 0 Å². The summed E-state index contributed by atoms with van der Waals surface area (Å²) in [4.78, 5) is 36.0. The first-order valence-electron chi connectivity index (χ1n) is 7.86. The molecule has 144 valence electrons. The van der Waals surface area contributed by atoms with Crippen LogP contribution in [0.25, 0.3) is 0 Å². The Morgan fingerprint density at radius 3 is 1.92 bits per heavy atom. The van der Waals surface area contributed by atoms with Gasteiger partial charge in [-0.3, -0.25) is 10.1 Å². The molecule has 9 heteroatoms. The minimum atomic E-state index is -0.936. The number of nitro benzene ring substituents is 1. The highest BCUT2D eigenvalue weighted by molar-refractivity contribution is 6.33. The van der Waals surface area contributed by atoms with Gasteiger partial charge in [-0.25, -0.2) is 14.5 Å². The van der Waals surface area contributed by atoms with Gasteiger partial charge in [0.15, 0.2) is 0 Å². The van der Waals surface area contributed by atoms with Crippen LogP contribution in [-0.2, 0) is 16.0 Å². The maximum Gasteiger partial charge on any atom is 0.420 e. The number of hydrogen-bond acceptors (Lipinski definition) is 6. The highest BCUT2D eigenvalue weighted by Crippen LogP contribution is 2.29. The number of ether oxygens (including phenoxy) is 2. The van der Waals surface area contributed by atoms with Crippen molar-refractivity contribution in [2.24, 2.45) is 0 Å². The number of benzene rings is 1. The number of hydrogen-bond donors (Lipinski definition) is 0. The molecule has 0 aliphatic rings. The van der Waals surface area contributed by atoms with Gasteiger partial charge in [0.05, 0.1) is 11.5 Å². The molecular weight excluding hydrogens is 364 g/mol. The topological polar surface area (TPSA) is 99.0 Å². The van der Waals surface area contributed by atoms with E-state index in [-0.39, 0.29) is 22.8 Å². The van der Waals surface area contributed by atoms with Gasteiger partial charge in [0, 0.05) is 6.07 Å². The zero-order chi connectivity index (χ0) is 20.3. The van der Waals surface area contributed by atoms with E-state index in [2.05, 4.69) is 0 Å². The van der Waals surface area contributed by atoms with Crippen molar-refractivity contribution >= 4 is 29.5 Å². The summed E-state index contributed by atoms with van der Waals surface area (Å²) in [6, 6.07) is 4.13. The van der Waals surface area contributed by atoms with E-state index in [9.17, 15) is 19.7 Å². The predicted molar refractivity (Wildman–Crippen MR) is 96.1 cm³/mol. The quantitative estimate of drug-likeness (QED) is 0.540. The van der Waals surface area contributed by atoms with Gasteiger partial charge in [-0.15, -0.1) is 0 Å². The first kappa shape index (κ1) is 21.7. The molecule has 0 aromatic heterocycles. The fourth-order valence-corrected chi connectivity index (χ4v) is 2.09. The lowest BCUT2D eigenvalue weighted by molar-refractivity contribution is -0.384. The van der Waals surface area contributed by atoms with Crippen LogP contribution in [0, 0.1) is 10.1 Å². The lowest BCUT2D eigenvalue weighted by Crippen LogP contribution is -2.43. The molecule has 0 saturated heterocycles. The van der Waals surface area contributed by atoms with Gasteiger partial charge < -0.3 is 9.47 Å². The fourth-order valence-electron chi connectivity index (χ4n) is 1.84. The second-order valence-electron chi connectivity index (χ2n) is 7.55. The molecule has 1 aromatic carbocycles. The van der Waals surface area contributed by atoms with Crippen molar-refractivity contribution in [3.05, 3.63) is 38.9 Å². The molecule has 0 spiro atoms. The van der Waals surface area contributed by atoms with E-state index in [4.69, 9.17) is 21.1 Å². The first-order valence-corrected chi connectivity index (χ1v) is 8.24. The third-order valence-corrected chi connectivity index (χ3v) is 3.25. The number of carbonyl (C=O) groups is 2. The van der Waals surface area contributed by atoms with E-state index in [0.29, 0.717) is 0 Å². The molecule has 0 aliphatic heterocycles. The molecule has 8 nitrogen and oxygen atoms in total. The van der Waals surface area contributed by atoms with Crippen molar-refractivity contribution < 1.29 is 24.0 Å². The van der Waals surface area contributed by atoms with Crippen molar-refractivity contribution in [2.75, 3.05) is 0 Å². The van der Waals surface area contributed by atoms with Gasteiger partial charge in [0.2, 0.25) is 0 Å². The third-order valence-electron chi connectivity index (χ3n) is 2.81. The summed E-state index contributed by atoms with van der Waals surface area (Å²) in [7, 11) is 0. The first-order chi connectivity index (χ1) is 11.7. The molecule has 26 heavy (non-hydrogen) atoms. The Balaban J connectivity index is 3.21. The maximum atomic E-state index is 12.4. The normalized spacial score (nSPS) is 11.7. The number of halogens is 1. The third kappa shape index (κ3) is 6.51. The number of rotatable bonds is 3. The van der Waals surface area contributed by atoms with Gasteiger partial charge in [-0.05, 0) is 47.1 Å². The lowest BCUT2D eigenvalue weighted by atomic mass is 10.2. The Morgan fingerprint density at radius 1 is 1.08 bits per heavy atom. The molecule has 0 fully saturated rings. The van der Waals surface area contributed by atoms with Crippen LogP contribution in [0.4, 0.5) is 15.3 Å². The molecule has 1 rings (SSSR count). The second-order valence-corrected chi connectivity index (χ2v) is 7.93. The smallest absolute Gasteiger partial charge is 0.420 e. The average Bonchev–Trinajstić information content (AvgIpc) is 2.41. The largest absolute Gasteiger partial charge is 0.443 e. The fraction of sp³-hybridized carbons (Fsp3) is 0.529. The van der Waals surface area contributed by atoms with Crippen LogP contribution in [0.3, 0.4) is 0 Å². The summed E-state index contributed by atoms with van der Waals surface area (Å²) >= 11 is 6.05. The van der Waals surface area contributed by atoms with E-state index < -0.39 is 28.3 Å². The number of carbonyl (C=O) groups excluding carboxylic acids is 2. The predicted octanol–water partition coefficient (Wildman–Crippen LogP) is 4.92. The molecular formula is C17H23ClN2O6. The summed E-state index contributed by atoms with van der Waals surface area (Å²) in [5.41, 5.74) is -1.79. The highest BCUT2D eigenvalue weighted by Gasteiger charge is 2.32. The summed E-state index contributed by atoms with van der Waals surface area (Å²) in [5, 5.41) is 10.9. The van der Waals surface area contributed by atoms with Crippen LogP contribution in [0.2, 0.25) is 5.02 Å². The van der Waals surface area contributed by atoms with Gasteiger partial charge in [0.1, 0.15) is 16.2 Å². The Hall–Kier alpha value is -2.35. The van der Waals surface area contributed by atoms with Gasteiger partial charge in [-0.1, -0.05) is 23.7 Å². The van der Waals surface area contributed by atoms with E-state index in [1.54, 1.807) is 41.5 Å². The van der Waals surface area contributed by atoms with Crippen molar-refractivity contribution in [3.63, 3.8) is 0 Å². The molecule has 0 aliphatic carbocycles. The van der Waals surface area contributed by atoms with Crippen molar-refractivity contribution in [2.45, 2.75) is 59.3 Å². The Morgan fingerprint density at radius 2 is 1.54 bits per heavy atom. The van der Waals surface area contributed by atoms with E-state index in [0.717, 1.165) is 4.90 Å². The number of nitrogens with zero attached hydrogens (tertiary/aromatic N) is 2. The molecule has 0 bridgehead atoms. The average molecular weight is 387 g/mol. The molecule has 0 radical (unpaired) electrons. The van der Waals surface area contributed by atoms with Gasteiger partial charge in [0.25, 0.3) is 5.69 Å². The number of imide groups is 1. The van der Waals surface area contributed by atoms with Crippen molar-refractivity contribution in [1.82, 2.24) is 4.90 Å². The monoisotopic (exact) mass is 386 g/mol. The molecule has 0 atom stereocenters. The maximum absolute atomic E-state index is 12.4. The van der Waals surface area contributed by atoms with Crippen LogP contribution in [-0.4, -0.2) is 33.2 Å². The van der Waals surface area contributed by atoms with E-state index >= 15 is 0 Å². The molecule has 0 N–H and O–H groups in total. The SMILES string of the molecule is CC(C)(C)OC(=O)N(Cc1cccc([N+](=O)[O-])c1Cl)C(=O)OC(C)(C)C. The number of nitro groups is 1. The van der Waals surface area contributed by atoms with Crippen LogP contribution >= 0.6 is 11.6 Å². The number of amides is 2. The van der Waals surface area contributed by atoms with E-state index in [1.165, 1.54) is 18.2 Å². The van der Waals surface area contributed by atoms with Crippen molar-refractivity contribution in [1.29, 1.82) is 0 Å².